The number of halogens is 2. The van der Waals surface area contributed by atoms with Gasteiger partial charge in [-0.15, -0.1) is 0 Å². The molecule has 0 aliphatic heterocycles. The Kier molecular flexibility index (Phi) is 5.50. The monoisotopic (exact) mass is 336 g/mol. The summed E-state index contributed by atoms with van der Waals surface area (Å²) < 4.78 is 13.1. The van der Waals surface area contributed by atoms with E-state index < -0.39 is 11.7 Å². The molecule has 0 atom stereocenters. The fourth-order valence-corrected chi connectivity index (χ4v) is 2.01. The number of carbonyl (C=O) groups is 1. The molecule has 0 saturated carbocycles. The van der Waals surface area contributed by atoms with E-state index in [0.29, 0.717) is 29.8 Å². The van der Waals surface area contributed by atoms with Crippen molar-refractivity contribution in [2.45, 2.75) is 20.8 Å². The minimum atomic E-state index is -0.539. The van der Waals surface area contributed by atoms with E-state index in [1.54, 1.807) is 13.0 Å². The fraction of sp³-hybridized carbons (Fsp3) is 0.312. The number of hydrogen-bond acceptors (Lipinski definition) is 4. The van der Waals surface area contributed by atoms with Gasteiger partial charge in [-0.1, -0.05) is 25.4 Å². The van der Waals surface area contributed by atoms with Crippen LogP contribution in [0, 0.1) is 18.7 Å². The van der Waals surface area contributed by atoms with Crippen molar-refractivity contribution in [2.24, 2.45) is 5.92 Å². The number of aromatic nitrogens is 2. The molecule has 0 radical (unpaired) electrons. The molecule has 1 heterocycles. The second-order valence-electron chi connectivity index (χ2n) is 5.58. The first kappa shape index (κ1) is 17.1. The van der Waals surface area contributed by atoms with Crippen LogP contribution in [0.4, 0.5) is 16.0 Å². The van der Waals surface area contributed by atoms with Gasteiger partial charge in [0, 0.05) is 17.9 Å². The largest absolute Gasteiger partial charge is 0.354 e. The van der Waals surface area contributed by atoms with Crippen molar-refractivity contribution in [3.8, 4) is 0 Å². The first-order valence-electron chi connectivity index (χ1n) is 7.21. The Morgan fingerprint density at radius 1 is 1.30 bits per heavy atom. The molecule has 5 nitrogen and oxygen atoms in total. The fourth-order valence-electron chi connectivity index (χ4n) is 1.83. The van der Waals surface area contributed by atoms with E-state index in [9.17, 15) is 9.18 Å². The van der Waals surface area contributed by atoms with Crippen LogP contribution in [0.3, 0.4) is 0 Å². The highest BCUT2D eigenvalue weighted by Gasteiger charge is 2.12. The van der Waals surface area contributed by atoms with Crippen molar-refractivity contribution in [1.82, 2.24) is 9.97 Å². The van der Waals surface area contributed by atoms with E-state index in [4.69, 9.17) is 11.6 Å². The lowest BCUT2D eigenvalue weighted by atomic mass is 10.2. The van der Waals surface area contributed by atoms with Gasteiger partial charge in [0.2, 0.25) is 5.95 Å². The second kappa shape index (κ2) is 7.37. The standard InChI is InChI=1S/C16H18ClFN4O/c1-9(2)8-19-16-20-10(3)6-14(22-16)15(23)21-11-4-5-13(18)12(17)7-11/h4-7,9H,8H2,1-3H3,(H,21,23)(H,19,20,22). The molecule has 0 saturated heterocycles. The summed E-state index contributed by atoms with van der Waals surface area (Å²) in [4.78, 5) is 20.7. The molecule has 2 rings (SSSR count). The Labute approximate surface area is 139 Å². The molecule has 23 heavy (non-hydrogen) atoms. The third-order valence-electron chi connectivity index (χ3n) is 2.93. The number of carbonyl (C=O) groups excluding carboxylic acids is 1. The van der Waals surface area contributed by atoms with Crippen molar-refractivity contribution in [3.05, 3.63) is 46.5 Å². The highest BCUT2D eigenvalue weighted by Crippen LogP contribution is 2.20. The van der Waals surface area contributed by atoms with Gasteiger partial charge in [-0.3, -0.25) is 4.79 Å². The number of rotatable bonds is 5. The number of nitrogens with one attached hydrogen (secondary N) is 2. The number of anilines is 2. The Morgan fingerprint density at radius 3 is 2.70 bits per heavy atom. The van der Waals surface area contributed by atoms with E-state index >= 15 is 0 Å². The van der Waals surface area contributed by atoms with Crippen molar-refractivity contribution >= 4 is 29.1 Å². The second-order valence-corrected chi connectivity index (χ2v) is 5.98. The van der Waals surface area contributed by atoms with Crippen molar-refractivity contribution in [3.63, 3.8) is 0 Å². The Morgan fingerprint density at radius 2 is 2.04 bits per heavy atom. The smallest absolute Gasteiger partial charge is 0.274 e. The van der Waals surface area contributed by atoms with Gasteiger partial charge in [-0.25, -0.2) is 14.4 Å². The molecule has 0 unspecified atom stereocenters. The van der Waals surface area contributed by atoms with Crippen LogP contribution in [-0.4, -0.2) is 22.4 Å². The van der Waals surface area contributed by atoms with E-state index in [1.807, 2.05) is 0 Å². The zero-order valence-electron chi connectivity index (χ0n) is 13.2. The maximum Gasteiger partial charge on any atom is 0.274 e. The summed E-state index contributed by atoms with van der Waals surface area (Å²) in [7, 11) is 0. The summed E-state index contributed by atoms with van der Waals surface area (Å²) in [6.07, 6.45) is 0. The van der Waals surface area contributed by atoms with Gasteiger partial charge in [-0.2, -0.15) is 0 Å². The molecule has 0 spiro atoms. The molecule has 7 heteroatoms. The molecule has 122 valence electrons. The maximum atomic E-state index is 13.1. The minimum absolute atomic E-state index is 0.0547. The minimum Gasteiger partial charge on any atom is -0.354 e. The van der Waals surface area contributed by atoms with Crippen LogP contribution in [0.1, 0.15) is 30.0 Å². The lowest BCUT2D eigenvalue weighted by Crippen LogP contribution is -2.17. The average molecular weight is 337 g/mol. The number of aryl methyl sites for hydroxylation is 1. The van der Waals surface area contributed by atoms with Crippen molar-refractivity contribution in [1.29, 1.82) is 0 Å². The van der Waals surface area contributed by atoms with Crippen LogP contribution in [0.15, 0.2) is 24.3 Å². The summed E-state index contributed by atoms with van der Waals surface area (Å²) in [6, 6.07) is 5.56. The molecule has 1 amide bonds. The first-order valence-corrected chi connectivity index (χ1v) is 7.59. The molecule has 0 fully saturated rings. The Hall–Kier alpha value is -2.21. The number of benzene rings is 1. The quantitative estimate of drug-likeness (QED) is 0.869. The SMILES string of the molecule is Cc1cc(C(=O)Nc2ccc(F)c(Cl)c2)nc(NCC(C)C)n1. The normalized spacial score (nSPS) is 10.7. The lowest BCUT2D eigenvalue weighted by molar-refractivity contribution is 0.102. The van der Waals surface area contributed by atoms with Crippen molar-refractivity contribution < 1.29 is 9.18 Å². The predicted molar refractivity (Wildman–Crippen MR) is 89.5 cm³/mol. The zero-order valence-corrected chi connectivity index (χ0v) is 13.9. The summed E-state index contributed by atoms with van der Waals surface area (Å²) >= 11 is 5.70. The topological polar surface area (TPSA) is 66.9 Å². The van der Waals surface area contributed by atoms with Crippen LogP contribution in [0.2, 0.25) is 5.02 Å². The van der Waals surface area contributed by atoms with Crippen molar-refractivity contribution in [2.75, 3.05) is 17.2 Å². The van der Waals surface area contributed by atoms with Gasteiger partial charge >= 0.3 is 0 Å². The van der Waals surface area contributed by atoms with Crippen LogP contribution in [0.5, 0.6) is 0 Å². The third kappa shape index (κ3) is 4.89. The molecule has 0 aliphatic rings. The van der Waals surface area contributed by atoms with E-state index in [0.717, 1.165) is 0 Å². The molecule has 0 bridgehead atoms. The number of hydrogen-bond donors (Lipinski definition) is 2. The lowest BCUT2D eigenvalue weighted by Gasteiger charge is -2.10. The van der Waals surface area contributed by atoms with Crippen LogP contribution < -0.4 is 10.6 Å². The van der Waals surface area contributed by atoms with Gasteiger partial charge in [0.1, 0.15) is 11.5 Å². The molecule has 1 aromatic carbocycles. The molecule has 1 aromatic heterocycles. The van der Waals surface area contributed by atoms with E-state index in [1.165, 1.54) is 18.2 Å². The molecular formula is C16H18ClFN4O. The Balaban J connectivity index is 2.16. The van der Waals surface area contributed by atoms with E-state index in [-0.39, 0.29) is 10.7 Å². The van der Waals surface area contributed by atoms with Gasteiger partial charge in [0.15, 0.2) is 0 Å². The first-order chi connectivity index (χ1) is 10.8. The highest BCUT2D eigenvalue weighted by molar-refractivity contribution is 6.31. The molecule has 0 aliphatic carbocycles. The van der Waals surface area contributed by atoms with Crippen LogP contribution in [-0.2, 0) is 0 Å². The number of amides is 1. The van der Waals surface area contributed by atoms with Gasteiger partial charge in [-0.05, 0) is 37.1 Å². The summed E-state index contributed by atoms with van der Waals surface area (Å²) in [6.45, 7) is 6.62. The summed E-state index contributed by atoms with van der Waals surface area (Å²) in [5.41, 5.74) is 1.30. The highest BCUT2D eigenvalue weighted by atomic mass is 35.5. The summed E-state index contributed by atoms with van der Waals surface area (Å²) in [5.74, 6) is -0.118. The van der Waals surface area contributed by atoms with Gasteiger partial charge in [0.25, 0.3) is 5.91 Å². The van der Waals surface area contributed by atoms with E-state index in [2.05, 4.69) is 34.4 Å². The Bertz CT molecular complexity index is 721. The average Bonchev–Trinajstić information content (AvgIpc) is 2.48. The molecule has 2 aromatic rings. The van der Waals surface area contributed by atoms with Gasteiger partial charge in [0.05, 0.1) is 5.02 Å². The predicted octanol–water partition coefficient (Wildman–Crippen LogP) is 3.90. The van der Waals surface area contributed by atoms with Crippen LogP contribution >= 0.6 is 11.6 Å². The third-order valence-corrected chi connectivity index (χ3v) is 3.22. The number of nitrogens with zero attached hydrogens (tertiary/aromatic N) is 2. The molecule has 2 N–H and O–H groups in total. The maximum absolute atomic E-state index is 13.1. The molecular weight excluding hydrogens is 319 g/mol. The van der Waals surface area contributed by atoms with Crippen LogP contribution in [0.25, 0.3) is 0 Å². The zero-order chi connectivity index (χ0) is 17.0. The van der Waals surface area contributed by atoms with Gasteiger partial charge < -0.3 is 10.6 Å². The summed E-state index contributed by atoms with van der Waals surface area (Å²) in [5, 5.41) is 5.67.